The van der Waals surface area contributed by atoms with Gasteiger partial charge in [0.1, 0.15) is 5.75 Å². The highest BCUT2D eigenvalue weighted by molar-refractivity contribution is 9.10. The number of hydrogen-bond acceptors (Lipinski definition) is 6. The van der Waals surface area contributed by atoms with Gasteiger partial charge >= 0.3 is 0 Å². The first-order valence-electron chi connectivity index (χ1n) is 8.65. The number of non-ortho nitro benzene ring substituents is 1. The maximum absolute atomic E-state index is 12.8. The van der Waals surface area contributed by atoms with E-state index in [1.807, 2.05) is 0 Å². The lowest BCUT2D eigenvalue weighted by molar-refractivity contribution is -0.385. The lowest BCUT2D eigenvalue weighted by atomic mass is 9.63. The molecule has 0 unspecified atom stereocenters. The van der Waals surface area contributed by atoms with Crippen molar-refractivity contribution in [3.63, 3.8) is 0 Å². The second-order valence-electron chi connectivity index (χ2n) is 7.51. The summed E-state index contributed by atoms with van der Waals surface area (Å²) in [4.78, 5) is 36.1. The van der Waals surface area contributed by atoms with Crippen molar-refractivity contribution in [3.8, 4) is 5.75 Å². The highest BCUT2D eigenvalue weighted by atomic mass is 79.9. The van der Waals surface area contributed by atoms with Crippen LogP contribution in [-0.4, -0.2) is 33.1 Å². The van der Waals surface area contributed by atoms with Gasteiger partial charge in [0.05, 0.1) is 27.4 Å². The number of hydrogen-bond donors (Lipinski definition) is 1. The molecule has 1 saturated heterocycles. The Bertz CT molecular complexity index is 938. The van der Waals surface area contributed by atoms with Crippen LogP contribution < -0.4 is 0 Å². The number of nitro groups is 1. The molecule has 1 N–H and O–H groups in total. The van der Waals surface area contributed by atoms with Crippen molar-refractivity contribution in [1.82, 2.24) is 5.01 Å². The summed E-state index contributed by atoms with van der Waals surface area (Å²) in [6.07, 6.45) is 6.34. The smallest absolute Gasteiger partial charge is 0.271 e. The number of nitro benzene ring substituents is 1. The fourth-order valence-corrected chi connectivity index (χ4v) is 5.45. The molecule has 2 amide bonds. The predicted octanol–water partition coefficient (Wildman–Crippen LogP) is 2.45. The number of benzene rings is 1. The van der Waals surface area contributed by atoms with Gasteiger partial charge in [-0.15, -0.1) is 0 Å². The second-order valence-corrected chi connectivity index (χ2v) is 8.36. The van der Waals surface area contributed by atoms with Crippen LogP contribution >= 0.6 is 15.9 Å². The third-order valence-corrected chi connectivity index (χ3v) is 6.84. The Labute approximate surface area is 161 Å². The Kier molecular flexibility index (Phi) is 3.37. The van der Waals surface area contributed by atoms with E-state index in [4.69, 9.17) is 0 Å². The highest BCUT2D eigenvalue weighted by Crippen LogP contribution is 2.65. The molecule has 0 aromatic heterocycles. The minimum absolute atomic E-state index is 0.0514. The van der Waals surface area contributed by atoms with E-state index in [1.165, 1.54) is 6.07 Å². The molecule has 6 atom stereocenters. The summed E-state index contributed by atoms with van der Waals surface area (Å²) in [5.74, 6) is -0.423. The number of carbonyl (C=O) groups excluding carboxylic acids is 2. The molecule has 5 aliphatic rings. The largest absolute Gasteiger partial charge is 0.506 e. The number of carbonyl (C=O) groups is 2. The minimum atomic E-state index is -0.599. The molecule has 3 fully saturated rings. The van der Waals surface area contributed by atoms with Crippen LogP contribution in [0.2, 0.25) is 0 Å². The number of imide groups is 1. The van der Waals surface area contributed by atoms with E-state index in [9.17, 15) is 24.8 Å². The van der Waals surface area contributed by atoms with E-state index in [1.54, 1.807) is 0 Å². The fourth-order valence-electron chi connectivity index (χ4n) is 4.98. The van der Waals surface area contributed by atoms with Crippen molar-refractivity contribution in [1.29, 1.82) is 0 Å². The van der Waals surface area contributed by atoms with Crippen molar-refractivity contribution in [2.75, 3.05) is 0 Å². The number of hydrazone groups is 1. The molecule has 4 aliphatic carbocycles. The first kappa shape index (κ1) is 16.6. The molecular weight excluding hydrogens is 418 g/mol. The second kappa shape index (κ2) is 5.48. The number of aromatic hydroxyl groups is 1. The maximum Gasteiger partial charge on any atom is 0.271 e. The van der Waals surface area contributed by atoms with Gasteiger partial charge in [-0.05, 0) is 46.0 Å². The first-order chi connectivity index (χ1) is 12.9. The average molecular weight is 432 g/mol. The molecule has 1 heterocycles. The Morgan fingerprint density at radius 3 is 2.33 bits per heavy atom. The molecule has 8 nitrogen and oxygen atoms in total. The number of rotatable bonds is 3. The van der Waals surface area contributed by atoms with Crippen LogP contribution in [0.5, 0.6) is 5.75 Å². The highest BCUT2D eigenvalue weighted by Gasteiger charge is 2.67. The number of nitrogens with zero attached hydrogens (tertiary/aromatic N) is 3. The van der Waals surface area contributed by atoms with E-state index < -0.39 is 4.92 Å². The van der Waals surface area contributed by atoms with Gasteiger partial charge in [-0.25, -0.2) is 0 Å². The zero-order valence-corrected chi connectivity index (χ0v) is 15.4. The van der Waals surface area contributed by atoms with Gasteiger partial charge in [0, 0.05) is 17.7 Å². The third-order valence-electron chi connectivity index (χ3n) is 6.24. The van der Waals surface area contributed by atoms with Crippen molar-refractivity contribution >= 4 is 39.6 Å². The Balaban J connectivity index is 1.47. The van der Waals surface area contributed by atoms with E-state index in [2.05, 4.69) is 33.2 Å². The molecule has 1 aromatic carbocycles. The summed E-state index contributed by atoms with van der Waals surface area (Å²) in [6, 6.07) is 2.31. The molecule has 2 bridgehead atoms. The summed E-state index contributed by atoms with van der Waals surface area (Å²) in [7, 11) is 0. The van der Waals surface area contributed by atoms with Gasteiger partial charge in [0.15, 0.2) is 0 Å². The molecule has 2 saturated carbocycles. The number of amides is 2. The van der Waals surface area contributed by atoms with Gasteiger partial charge in [0.2, 0.25) is 0 Å². The maximum atomic E-state index is 12.8. The molecule has 27 heavy (non-hydrogen) atoms. The fraction of sp³-hybridized carbons (Fsp3) is 0.389. The molecule has 0 spiro atoms. The topological polar surface area (TPSA) is 113 Å². The van der Waals surface area contributed by atoms with Crippen LogP contribution in [0.25, 0.3) is 0 Å². The van der Waals surface area contributed by atoms with E-state index in [-0.39, 0.29) is 57.0 Å². The average Bonchev–Trinajstić information content (AvgIpc) is 3.42. The van der Waals surface area contributed by atoms with Crippen LogP contribution in [0.15, 0.2) is 33.9 Å². The van der Waals surface area contributed by atoms with Crippen molar-refractivity contribution < 1.29 is 19.6 Å². The predicted molar refractivity (Wildman–Crippen MR) is 96.6 cm³/mol. The van der Waals surface area contributed by atoms with Crippen molar-refractivity contribution in [2.45, 2.75) is 6.42 Å². The van der Waals surface area contributed by atoms with E-state index in [0.717, 1.165) is 23.7 Å². The van der Waals surface area contributed by atoms with E-state index in [0.29, 0.717) is 11.8 Å². The van der Waals surface area contributed by atoms with Gasteiger partial charge in [-0.1, -0.05) is 12.2 Å². The summed E-state index contributed by atoms with van der Waals surface area (Å²) in [5.41, 5.74) is -0.188. The molecular formula is C18H14BrN3O5. The lowest BCUT2D eigenvalue weighted by Crippen LogP contribution is -2.40. The Hall–Kier alpha value is -2.55. The lowest BCUT2D eigenvalue weighted by Gasteiger charge is -2.37. The minimum Gasteiger partial charge on any atom is -0.506 e. The van der Waals surface area contributed by atoms with Crippen molar-refractivity contribution in [3.05, 3.63) is 44.4 Å². The molecule has 138 valence electrons. The number of allylic oxidation sites excluding steroid dienone is 2. The summed E-state index contributed by atoms with van der Waals surface area (Å²) < 4.78 is 0.133. The molecule has 1 aliphatic heterocycles. The quantitative estimate of drug-likeness (QED) is 0.259. The van der Waals surface area contributed by atoms with Crippen LogP contribution in [0.4, 0.5) is 5.69 Å². The monoisotopic (exact) mass is 431 g/mol. The summed E-state index contributed by atoms with van der Waals surface area (Å²) in [5, 5.41) is 26.0. The Morgan fingerprint density at radius 1 is 1.19 bits per heavy atom. The Morgan fingerprint density at radius 2 is 1.78 bits per heavy atom. The van der Waals surface area contributed by atoms with Gasteiger partial charge < -0.3 is 5.11 Å². The summed E-state index contributed by atoms with van der Waals surface area (Å²) in [6.45, 7) is 0. The zero-order valence-electron chi connectivity index (χ0n) is 13.9. The number of phenols is 1. The third kappa shape index (κ3) is 2.24. The SMILES string of the molecule is O=C1[C@H]2[C@@H]3C=C[C@H]([C@@H]4C[C@H]34)[C@@H]2C(=O)N1/N=C\c1cc([N+](=O)[O-])cc(Br)c1O. The van der Waals surface area contributed by atoms with E-state index >= 15 is 0 Å². The molecule has 1 aromatic rings. The summed E-state index contributed by atoms with van der Waals surface area (Å²) >= 11 is 3.06. The normalized spacial score (nSPS) is 35.7. The number of phenolic OH excluding ortho intramolecular Hbond substituents is 1. The molecule has 9 heteroatoms. The van der Waals surface area contributed by atoms with Gasteiger partial charge in [-0.3, -0.25) is 19.7 Å². The zero-order chi connectivity index (χ0) is 19.0. The van der Waals surface area contributed by atoms with Crippen molar-refractivity contribution in [2.24, 2.45) is 40.6 Å². The van der Waals surface area contributed by atoms with Crippen LogP contribution in [0, 0.1) is 45.6 Å². The molecule has 0 radical (unpaired) electrons. The van der Waals surface area contributed by atoms with Crippen LogP contribution in [-0.2, 0) is 9.59 Å². The standard InChI is InChI=1S/C18H14BrN3O5/c19-13-4-8(22(26)27)3-7(16(13)23)6-20-21-17(24)14-9-1-2-10(12-5-11(9)12)15(14)18(21)25/h1-4,6,9-12,14-15,23H,5H2/b20-6-/t9-,10-,11-,12+,14+,15+/m1/s1. The van der Waals surface area contributed by atoms with Crippen LogP contribution in [0.3, 0.4) is 0 Å². The first-order valence-corrected chi connectivity index (χ1v) is 9.45. The molecule has 6 rings (SSSR count). The number of halogens is 1. The van der Waals surface area contributed by atoms with Gasteiger partial charge in [-0.2, -0.15) is 10.1 Å². The van der Waals surface area contributed by atoms with Gasteiger partial charge in [0.25, 0.3) is 17.5 Å². The van der Waals surface area contributed by atoms with Crippen LogP contribution in [0.1, 0.15) is 12.0 Å².